The summed E-state index contributed by atoms with van der Waals surface area (Å²) in [6, 6.07) is 10.5. The Balaban J connectivity index is 1.52. The number of nitrogens with zero attached hydrogens (tertiary/aromatic N) is 3. The third kappa shape index (κ3) is 3.22. The lowest BCUT2D eigenvalue weighted by Crippen LogP contribution is -2.40. The highest BCUT2D eigenvalue weighted by Gasteiger charge is 2.34. The molecular formula is C19H21N3OS. The molecule has 2 aromatic heterocycles. The van der Waals surface area contributed by atoms with Crippen LogP contribution in [0.2, 0.25) is 0 Å². The second kappa shape index (κ2) is 6.40. The molecule has 1 amide bonds. The molecule has 0 N–H and O–H groups in total. The van der Waals surface area contributed by atoms with Gasteiger partial charge >= 0.3 is 0 Å². The Morgan fingerprint density at radius 1 is 1.38 bits per heavy atom. The molecule has 1 saturated carbocycles. The minimum atomic E-state index is 0.170. The van der Waals surface area contributed by atoms with Crippen molar-refractivity contribution in [3.05, 3.63) is 59.4 Å². The molecule has 4 rings (SSSR count). The predicted molar refractivity (Wildman–Crippen MR) is 96.0 cm³/mol. The van der Waals surface area contributed by atoms with Crippen LogP contribution >= 0.6 is 11.3 Å². The van der Waals surface area contributed by atoms with E-state index in [9.17, 15) is 4.79 Å². The quantitative estimate of drug-likeness (QED) is 0.686. The molecule has 0 spiro atoms. The van der Waals surface area contributed by atoms with Crippen molar-refractivity contribution in [2.24, 2.45) is 5.92 Å². The van der Waals surface area contributed by atoms with E-state index in [0.29, 0.717) is 24.9 Å². The van der Waals surface area contributed by atoms with Crippen molar-refractivity contribution in [3.8, 4) is 0 Å². The fourth-order valence-electron chi connectivity index (χ4n) is 3.19. The van der Waals surface area contributed by atoms with Gasteiger partial charge in [0.2, 0.25) is 5.91 Å². The molecule has 1 atom stereocenters. The smallest absolute Gasteiger partial charge is 0.229 e. The molecule has 1 fully saturated rings. The summed E-state index contributed by atoms with van der Waals surface area (Å²) in [5, 5.41) is 2.00. The largest absolute Gasteiger partial charge is 0.335 e. The summed E-state index contributed by atoms with van der Waals surface area (Å²) in [4.78, 5) is 20.5. The van der Waals surface area contributed by atoms with Crippen molar-refractivity contribution in [1.29, 1.82) is 0 Å². The molecule has 0 unspecified atom stereocenters. The van der Waals surface area contributed by atoms with Crippen molar-refractivity contribution in [2.45, 2.75) is 38.8 Å². The lowest BCUT2D eigenvalue weighted by molar-refractivity contribution is -0.133. The number of carbonyl (C=O) groups excluding carboxylic acids is 1. The minimum absolute atomic E-state index is 0.170. The second-order valence-electron chi connectivity index (χ2n) is 6.59. The van der Waals surface area contributed by atoms with Crippen LogP contribution in [-0.4, -0.2) is 26.2 Å². The topological polar surface area (TPSA) is 37.6 Å². The van der Waals surface area contributed by atoms with E-state index in [1.54, 1.807) is 11.3 Å². The zero-order valence-electron chi connectivity index (χ0n) is 13.8. The maximum Gasteiger partial charge on any atom is 0.229 e. The van der Waals surface area contributed by atoms with E-state index in [1.807, 2.05) is 45.3 Å². The number of carbonyl (C=O) groups is 1. The van der Waals surface area contributed by atoms with Crippen molar-refractivity contribution in [3.63, 3.8) is 0 Å². The van der Waals surface area contributed by atoms with Gasteiger partial charge in [-0.2, -0.15) is 0 Å². The zero-order valence-corrected chi connectivity index (χ0v) is 14.6. The van der Waals surface area contributed by atoms with Crippen molar-refractivity contribution < 1.29 is 4.79 Å². The van der Waals surface area contributed by atoms with E-state index < -0.39 is 0 Å². The Hall–Kier alpha value is -2.14. The maximum absolute atomic E-state index is 13.0. The Kier molecular flexibility index (Phi) is 4.10. The first-order chi connectivity index (χ1) is 11.7. The second-order valence-corrected chi connectivity index (χ2v) is 7.46. The van der Waals surface area contributed by atoms with Crippen LogP contribution in [0, 0.1) is 5.92 Å². The normalized spacial score (nSPS) is 15.5. The first kappa shape index (κ1) is 15.4. The summed E-state index contributed by atoms with van der Waals surface area (Å²) in [5.41, 5.74) is 2.04. The van der Waals surface area contributed by atoms with Crippen LogP contribution in [0.4, 0.5) is 0 Å². The number of benzene rings is 1. The Morgan fingerprint density at radius 2 is 2.17 bits per heavy atom. The van der Waals surface area contributed by atoms with Gasteiger partial charge in [0.05, 0.1) is 12.1 Å². The van der Waals surface area contributed by atoms with Crippen LogP contribution in [0.15, 0.2) is 48.1 Å². The van der Waals surface area contributed by atoms with Crippen molar-refractivity contribution >= 4 is 22.2 Å². The van der Waals surface area contributed by atoms with E-state index in [2.05, 4.69) is 24.0 Å². The molecular weight excluding hydrogens is 318 g/mol. The summed E-state index contributed by atoms with van der Waals surface area (Å²) in [6.45, 7) is 2.86. The van der Waals surface area contributed by atoms with Gasteiger partial charge in [-0.3, -0.25) is 9.20 Å². The van der Waals surface area contributed by atoms with E-state index in [4.69, 9.17) is 0 Å². The van der Waals surface area contributed by atoms with Crippen LogP contribution in [0.25, 0.3) is 4.96 Å². The van der Waals surface area contributed by atoms with Crippen LogP contribution in [-0.2, 0) is 17.8 Å². The average molecular weight is 339 g/mol. The Bertz CT molecular complexity index is 806. The fourth-order valence-corrected chi connectivity index (χ4v) is 3.91. The average Bonchev–Trinajstić information content (AvgIpc) is 3.24. The van der Waals surface area contributed by atoms with Crippen LogP contribution in [0.5, 0.6) is 0 Å². The molecule has 4 nitrogen and oxygen atoms in total. The van der Waals surface area contributed by atoms with Gasteiger partial charge in [-0.15, -0.1) is 11.3 Å². The van der Waals surface area contributed by atoms with E-state index in [1.165, 1.54) is 18.4 Å². The summed E-state index contributed by atoms with van der Waals surface area (Å²) in [7, 11) is 0. The Morgan fingerprint density at radius 3 is 2.88 bits per heavy atom. The number of thiazole rings is 1. The van der Waals surface area contributed by atoms with Crippen LogP contribution < -0.4 is 0 Å². The van der Waals surface area contributed by atoms with E-state index >= 15 is 0 Å². The fraction of sp³-hybridized carbons (Fsp3) is 0.368. The summed E-state index contributed by atoms with van der Waals surface area (Å²) >= 11 is 1.59. The highest BCUT2D eigenvalue weighted by molar-refractivity contribution is 7.15. The summed E-state index contributed by atoms with van der Waals surface area (Å²) < 4.78 is 1.99. The summed E-state index contributed by atoms with van der Waals surface area (Å²) in [5.74, 6) is 0.826. The molecule has 1 aliphatic carbocycles. The molecule has 0 saturated heterocycles. The van der Waals surface area contributed by atoms with Gasteiger partial charge in [0, 0.05) is 30.4 Å². The minimum Gasteiger partial charge on any atom is -0.335 e. The number of aromatic nitrogens is 2. The van der Waals surface area contributed by atoms with Gasteiger partial charge in [-0.25, -0.2) is 4.98 Å². The molecule has 2 heterocycles. The van der Waals surface area contributed by atoms with Gasteiger partial charge in [0.1, 0.15) is 0 Å². The zero-order chi connectivity index (χ0) is 16.5. The number of hydrogen-bond acceptors (Lipinski definition) is 3. The lowest BCUT2D eigenvalue weighted by atomic mass is 10.1. The maximum atomic E-state index is 13.0. The predicted octanol–water partition coefficient (Wildman–Crippen LogP) is 3.77. The van der Waals surface area contributed by atoms with Crippen LogP contribution in [0.3, 0.4) is 0 Å². The van der Waals surface area contributed by atoms with Gasteiger partial charge in [0.25, 0.3) is 0 Å². The van der Waals surface area contributed by atoms with Gasteiger partial charge in [-0.1, -0.05) is 30.3 Å². The first-order valence-electron chi connectivity index (χ1n) is 8.45. The number of rotatable bonds is 6. The number of fused-ring (bicyclic) bond motifs is 1. The monoisotopic (exact) mass is 339 g/mol. The Labute approximate surface area is 145 Å². The first-order valence-corrected chi connectivity index (χ1v) is 9.33. The molecule has 1 aliphatic rings. The molecule has 3 aromatic rings. The van der Waals surface area contributed by atoms with Gasteiger partial charge < -0.3 is 4.90 Å². The highest BCUT2D eigenvalue weighted by atomic mass is 32.1. The summed E-state index contributed by atoms with van der Waals surface area (Å²) in [6.07, 6.45) is 6.79. The molecule has 5 heteroatoms. The molecule has 24 heavy (non-hydrogen) atoms. The third-order valence-electron chi connectivity index (χ3n) is 4.79. The van der Waals surface area contributed by atoms with Crippen LogP contribution in [0.1, 0.15) is 31.0 Å². The van der Waals surface area contributed by atoms with Gasteiger partial charge in [-0.05, 0) is 31.2 Å². The van der Waals surface area contributed by atoms with Crippen molar-refractivity contribution in [1.82, 2.24) is 14.3 Å². The number of amides is 1. The third-order valence-corrected chi connectivity index (χ3v) is 5.56. The lowest BCUT2D eigenvalue weighted by Gasteiger charge is -2.29. The number of hydrogen-bond donors (Lipinski definition) is 0. The molecule has 0 aliphatic heterocycles. The van der Waals surface area contributed by atoms with E-state index in [-0.39, 0.29) is 5.91 Å². The highest BCUT2D eigenvalue weighted by Crippen LogP contribution is 2.36. The molecule has 124 valence electrons. The molecule has 0 bridgehead atoms. The van der Waals surface area contributed by atoms with E-state index in [0.717, 1.165) is 10.7 Å². The SMILES string of the molecule is C[C@H](C1CC1)N(Cc1ccccc1)C(=O)Cc1cn2ccsc2n1. The van der Waals surface area contributed by atoms with Crippen molar-refractivity contribution in [2.75, 3.05) is 0 Å². The van der Waals surface area contributed by atoms with Gasteiger partial charge in [0.15, 0.2) is 4.96 Å². The molecule has 0 radical (unpaired) electrons. The standard InChI is InChI=1S/C19H21N3OS/c1-14(16-7-8-16)22(12-15-5-3-2-4-6-15)18(23)11-17-13-21-9-10-24-19(21)20-17/h2-6,9-10,13-14,16H,7-8,11-12H2,1H3/t14-/m1/s1. The number of imidazole rings is 1. The molecule has 1 aromatic carbocycles.